The van der Waals surface area contributed by atoms with Crippen molar-refractivity contribution in [3.05, 3.63) is 40.3 Å². The number of hydrogen-bond donors (Lipinski definition) is 1. The van der Waals surface area contributed by atoms with Crippen LogP contribution in [-0.2, 0) is 6.54 Å². The lowest BCUT2D eigenvalue weighted by atomic mass is 10.0. The fraction of sp³-hybridized carbons (Fsp3) is 0.417. The summed E-state index contributed by atoms with van der Waals surface area (Å²) in [7, 11) is 0. The molecule has 0 atom stereocenters. The molecule has 0 saturated carbocycles. The quantitative estimate of drug-likeness (QED) is 0.857. The van der Waals surface area contributed by atoms with E-state index in [1.54, 1.807) is 0 Å². The summed E-state index contributed by atoms with van der Waals surface area (Å²) in [5.41, 5.74) is 1.48. The van der Waals surface area contributed by atoms with Crippen LogP contribution in [0.3, 0.4) is 0 Å². The van der Waals surface area contributed by atoms with Crippen LogP contribution in [0.2, 0.25) is 0 Å². The summed E-state index contributed by atoms with van der Waals surface area (Å²) < 4.78 is 2.38. The van der Waals surface area contributed by atoms with Gasteiger partial charge in [0.1, 0.15) is 0 Å². The van der Waals surface area contributed by atoms with Gasteiger partial charge in [-0.1, -0.05) is 26.0 Å². The van der Waals surface area contributed by atoms with Crippen LogP contribution < -0.4 is 5.69 Å². The molecule has 0 fully saturated rings. The summed E-state index contributed by atoms with van der Waals surface area (Å²) in [6.07, 6.45) is 0. The van der Waals surface area contributed by atoms with E-state index in [4.69, 9.17) is 5.11 Å². The lowest BCUT2D eigenvalue weighted by molar-refractivity contribution is 0.266. The first-order valence-corrected chi connectivity index (χ1v) is 5.87. The molecule has 1 N–H and O–H groups in total. The maximum absolute atomic E-state index is 11.9. The Hall–Kier alpha value is -1.95. The monoisotopic (exact) mass is 248 g/mol. The Labute approximate surface area is 104 Å². The first-order chi connectivity index (χ1) is 8.63. The molecule has 0 radical (unpaired) electrons. The van der Waals surface area contributed by atoms with Gasteiger partial charge >= 0.3 is 5.69 Å². The molecule has 6 nitrogen and oxygen atoms in total. The van der Waals surface area contributed by atoms with E-state index in [9.17, 15) is 4.79 Å². The van der Waals surface area contributed by atoms with E-state index in [0.29, 0.717) is 11.6 Å². The van der Waals surface area contributed by atoms with Gasteiger partial charge in [-0.25, -0.2) is 4.79 Å². The first-order valence-electron chi connectivity index (χ1n) is 5.87. The number of nitrogens with zero attached hydrogens (tertiary/aromatic N) is 4. The number of aliphatic hydroxyl groups excluding tert-OH is 1. The van der Waals surface area contributed by atoms with Crippen LogP contribution in [0.15, 0.2) is 29.1 Å². The highest BCUT2D eigenvalue weighted by Crippen LogP contribution is 2.16. The van der Waals surface area contributed by atoms with Crippen molar-refractivity contribution in [3.8, 4) is 5.69 Å². The molecule has 0 saturated heterocycles. The minimum absolute atomic E-state index is 0.134. The van der Waals surface area contributed by atoms with Gasteiger partial charge in [0.25, 0.3) is 0 Å². The predicted molar refractivity (Wildman–Crippen MR) is 66.8 cm³/mol. The van der Waals surface area contributed by atoms with Crippen molar-refractivity contribution >= 4 is 0 Å². The van der Waals surface area contributed by atoms with Gasteiger partial charge in [0.2, 0.25) is 0 Å². The molecule has 6 heteroatoms. The Morgan fingerprint density at radius 2 is 2.11 bits per heavy atom. The van der Waals surface area contributed by atoms with E-state index in [-0.39, 0.29) is 18.8 Å². The van der Waals surface area contributed by atoms with Crippen LogP contribution in [0.4, 0.5) is 0 Å². The minimum Gasteiger partial charge on any atom is -0.394 e. The number of benzene rings is 1. The van der Waals surface area contributed by atoms with Crippen LogP contribution in [0.25, 0.3) is 5.69 Å². The zero-order valence-corrected chi connectivity index (χ0v) is 10.4. The molecule has 0 unspecified atom stereocenters. The van der Waals surface area contributed by atoms with E-state index < -0.39 is 0 Å². The van der Waals surface area contributed by atoms with Gasteiger partial charge in [-0.05, 0) is 34.0 Å². The fourth-order valence-corrected chi connectivity index (χ4v) is 1.69. The van der Waals surface area contributed by atoms with Crippen LogP contribution in [-0.4, -0.2) is 31.5 Å². The smallest absolute Gasteiger partial charge is 0.368 e. The van der Waals surface area contributed by atoms with E-state index in [1.165, 1.54) is 4.68 Å². The molecular formula is C12H16N4O2. The Kier molecular flexibility index (Phi) is 3.57. The lowest BCUT2D eigenvalue weighted by Gasteiger charge is -2.06. The summed E-state index contributed by atoms with van der Waals surface area (Å²) in [6.45, 7) is 4.20. The van der Waals surface area contributed by atoms with Crippen LogP contribution in [0.1, 0.15) is 25.3 Å². The van der Waals surface area contributed by atoms with Crippen molar-refractivity contribution in [2.45, 2.75) is 26.3 Å². The number of aliphatic hydroxyl groups is 1. The van der Waals surface area contributed by atoms with Gasteiger partial charge in [0.15, 0.2) is 0 Å². The average molecular weight is 248 g/mol. The fourth-order valence-electron chi connectivity index (χ4n) is 1.69. The summed E-state index contributed by atoms with van der Waals surface area (Å²) in [4.78, 5) is 11.9. The molecule has 1 heterocycles. The maximum Gasteiger partial charge on any atom is 0.368 e. The molecule has 0 spiro atoms. The highest BCUT2D eigenvalue weighted by Gasteiger charge is 2.09. The van der Waals surface area contributed by atoms with Gasteiger partial charge < -0.3 is 5.11 Å². The summed E-state index contributed by atoms with van der Waals surface area (Å²) in [6, 6.07) is 7.63. The largest absolute Gasteiger partial charge is 0.394 e. The summed E-state index contributed by atoms with van der Waals surface area (Å²) >= 11 is 0. The minimum atomic E-state index is -0.343. The summed E-state index contributed by atoms with van der Waals surface area (Å²) in [5, 5.41) is 16.3. The van der Waals surface area contributed by atoms with Crippen LogP contribution in [0, 0.1) is 0 Å². The van der Waals surface area contributed by atoms with Crippen molar-refractivity contribution < 1.29 is 5.11 Å². The van der Waals surface area contributed by atoms with E-state index in [2.05, 4.69) is 24.3 Å². The molecule has 0 aliphatic heterocycles. The number of rotatable bonds is 4. The third-order valence-electron chi connectivity index (χ3n) is 2.73. The third kappa shape index (κ3) is 2.33. The standard InChI is InChI=1S/C12H16N4O2/c1-9(2)10-4-3-5-11(8-10)16-12(18)15(6-7-17)13-14-16/h3-5,8-9,17H,6-7H2,1-2H3. The van der Waals surface area contributed by atoms with Gasteiger partial charge in [-0.2, -0.15) is 9.36 Å². The van der Waals surface area contributed by atoms with Crippen LogP contribution >= 0.6 is 0 Å². The van der Waals surface area contributed by atoms with Crippen molar-refractivity contribution in [1.82, 2.24) is 19.8 Å². The molecule has 2 aromatic rings. The molecule has 0 amide bonds. The van der Waals surface area contributed by atoms with Gasteiger partial charge in [-0.15, -0.1) is 0 Å². The van der Waals surface area contributed by atoms with E-state index in [1.807, 2.05) is 24.3 Å². The second-order valence-electron chi connectivity index (χ2n) is 4.37. The number of tetrazole rings is 1. The highest BCUT2D eigenvalue weighted by molar-refractivity contribution is 5.35. The molecule has 1 aromatic carbocycles. The molecule has 0 bridgehead atoms. The van der Waals surface area contributed by atoms with Gasteiger partial charge in [0, 0.05) is 0 Å². The molecule has 1 aromatic heterocycles. The SMILES string of the molecule is CC(C)c1cccc(-n2nnn(CCO)c2=O)c1. The predicted octanol–water partition coefficient (Wildman–Crippen LogP) is 0.545. The van der Waals surface area contributed by atoms with Crippen LogP contribution in [0.5, 0.6) is 0 Å². The summed E-state index contributed by atoms with van der Waals surface area (Å²) in [5.74, 6) is 0.383. The first kappa shape index (κ1) is 12.5. The van der Waals surface area contributed by atoms with E-state index >= 15 is 0 Å². The molecule has 96 valence electrons. The number of aromatic nitrogens is 4. The lowest BCUT2D eigenvalue weighted by Crippen LogP contribution is -2.25. The van der Waals surface area contributed by atoms with Gasteiger partial charge in [-0.3, -0.25) is 0 Å². The Morgan fingerprint density at radius 1 is 1.33 bits per heavy atom. The Balaban J connectivity index is 2.43. The third-order valence-corrected chi connectivity index (χ3v) is 2.73. The zero-order chi connectivity index (χ0) is 13.1. The molecule has 0 aliphatic carbocycles. The molecular weight excluding hydrogens is 232 g/mol. The second kappa shape index (κ2) is 5.14. The van der Waals surface area contributed by atoms with Gasteiger partial charge in [0.05, 0.1) is 18.8 Å². The topological polar surface area (TPSA) is 72.9 Å². The molecule has 18 heavy (non-hydrogen) atoms. The Bertz CT molecular complexity index is 586. The Morgan fingerprint density at radius 3 is 2.78 bits per heavy atom. The molecule has 2 rings (SSSR count). The average Bonchev–Trinajstić information content (AvgIpc) is 2.72. The molecule has 0 aliphatic rings. The van der Waals surface area contributed by atoms with Crippen molar-refractivity contribution in [2.24, 2.45) is 0 Å². The second-order valence-corrected chi connectivity index (χ2v) is 4.37. The maximum atomic E-state index is 11.9. The van der Waals surface area contributed by atoms with Crippen molar-refractivity contribution in [1.29, 1.82) is 0 Å². The van der Waals surface area contributed by atoms with Crippen molar-refractivity contribution in [2.75, 3.05) is 6.61 Å². The van der Waals surface area contributed by atoms with E-state index in [0.717, 1.165) is 10.2 Å². The zero-order valence-electron chi connectivity index (χ0n) is 10.4. The highest BCUT2D eigenvalue weighted by atomic mass is 16.3. The van der Waals surface area contributed by atoms with Crippen molar-refractivity contribution in [3.63, 3.8) is 0 Å². The normalized spacial score (nSPS) is 11.1. The number of hydrogen-bond acceptors (Lipinski definition) is 4.